The molecule has 0 saturated carbocycles. The van der Waals surface area contributed by atoms with Gasteiger partial charge in [-0.25, -0.2) is 9.78 Å². The van der Waals surface area contributed by atoms with E-state index in [9.17, 15) is 9.90 Å². The van der Waals surface area contributed by atoms with Gasteiger partial charge in [-0.05, 0) is 35.9 Å². The summed E-state index contributed by atoms with van der Waals surface area (Å²) in [6.07, 6.45) is 1.58. The van der Waals surface area contributed by atoms with Gasteiger partial charge in [-0.2, -0.15) is 0 Å². The number of furan rings is 1. The van der Waals surface area contributed by atoms with Gasteiger partial charge in [0.15, 0.2) is 22.5 Å². The van der Waals surface area contributed by atoms with Crippen molar-refractivity contribution in [3.63, 3.8) is 0 Å². The Kier molecular flexibility index (Phi) is 2.46. The Morgan fingerprint density at radius 1 is 1.37 bits per heavy atom. The van der Waals surface area contributed by atoms with Crippen molar-refractivity contribution in [2.45, 2.75) is 0 Å². The molecule has 6 nitrogen and oxygen atoms in total. The third kappa shape index (κ3) is 1.73. The van der Waals surface area contributed by atoms with Crippen LogP contribution in [0.15, 0.2) is 34.9 Å². The summed E-state index contributed by atoms with van der Waals surface area (Å²) in [4.78, 5) is 15.2. The number of nitrogens with zero attached hydrogens (tertiary/aromatic N) is 2. The van der Waals surface area contributed by atoms with Crippen LogP contribution in [0.4, 0.5) is 0 Å². The lowest BCUT2D eigenvalue weighted by Gasteiger charge is -1.99. The molecule has 0 bridgehead atoms. The quantitative estimate of drug-likeness (QED) is 0.752. The first-order chi connectivity index (χ1) is 9.08. The second-order valence-corrected chi connectivity index (χ2v) is 4.18. The number of hydrogen-bond acceptors (Lipinski definition) is 4. The van der Waals surface area contributed by atoms with Crippen LogP contribution in [-0.2, 0) is 0 Å². The van der Waals surface area contributed by atoms with Crippen molar-refractivity contribution in [2.24, 2.45) is 0 Å². The van der Waals surface area contributed by atoms with E-state index < -0.39 is 5.97 Å². The lowest BCUT2D eigenvalue weighted by Crippen LogP contribution is -1.97. The Hall–Kier alpha value is -2.47. The fourth-order valence-electron chi connectivity index (χ4n) is 1.88. The maximum absolute atomic E-state index is 11.2. The summed E-state index contributed by atoms with van der Waals surface area (Å²) < 4.78 is 6.66. The SMILES string of the molecule is O=C(O)c1nc(-c2ccc(Cl)o2)n2cccc(O)c12. The highest BCUT2D eigenvalue weighted by Gasteiger charge is 2.21. The topological polar surface area (TPSA) is 88.0 Å². The van der Waals surface area contributed by atoms with E-state index in [1.807, 2.05) is 0 Å². The van der Waals surface area contributed by atoms with Gasteiger partial charge in [0.2, 0.25) is 0 Å². The summed E-state index contributed by atoms with van der Waals surface area (Å²) in [5.74, 6) is -0.826. The largest absolute Gasteiger partial charge is 0.506 e. The average molecular weight is 279 g/mol. The van der Waals surface area contributed by atoms with Crippen molar-refractivity contribution in [1.29, 1.82) is 0 Å². The zero-order valence-electron chi connectivity index (χ0n) is 9.37. The summed E-state index contributed by atoms with van der Waals surface area (Å²) in [6.45, 7) is 0. The number of carboxylic acid groups (broad SMARTS) is 1. The van der Waals surface area contributed by atoms with Crippen LogP contribution < -0.4 is 0 Å². The van der Waals surface area contributed by atoms with Crippen LogP contribution in [0.3, 0.4) is 0 Å². The second kappa shape index (κ2) is 4.03. The van der Waals surface area contributed by atoms with Crippen molar-refractivity contribution in [2.75, 3.05) is 0 Å². The molecule has 3 rings (SSSR count). The van der Waals surface area contributed by atoms with Gasteiger partial charge in [0.05, 0.1) is 0 Å². The van der Waals surface area contributed by atoms with E-state index in [4.69, 9.17) is 21.1 Å². The Morgan fingerprint density at radius 3 is 2.79 bits per heavy atom. The highest BCUT2D eigenvalue weighted by atomic mass is 35.5. The monoisotopic (exact) mass is 278 g/mol. The third-order valence-electron chi connectivity index (χ3n) is 2.64. The standard InChI is InChI=1S/C12H7ClN2O4/c13-8-4-3-7(19-8)11-14-9(12(17)18)10-6(16)2-1-5-15(10)11/h1-5,16H,(H,17,18). The predicted octanol–water partition coefficient (Wildman–Crippen LogP) is 2.65. The molecule has 0 radical (unpaired) electrons. The zero-order valence-corrected chi connectivity index (χ0v) is 10.1. The molecule has 0 aromatic carbocycles. The minimum absolute atomic E-state index is 0.109. The van der Waals surface area contributed by atoms with Gasteiger partial charge in [0.25, 0.3) is 0 Å². The third-order valence-corrected chi connectivity index (χ3v) is 2.84. The molecule has 2 N–H and O–H groups in total. The number of aromatic nitrogens is 2. The molecule has 0 aliphatic carbocycles. The number of carbonyl (C=O) groups is 1. The number of halogens is 1. The number of fused-ring (bicyclic) bond motifs is 1. The maximum atomic E-state index is 11.2. The molecule has 0 atom stereocenters. The highest BCUT2D eigenvalue weighted by molar-refractivity contribution is 6.29. The fourth-order valence-corrected chi connectivity index (χ4v) is 2.03. The summed E-state index contributed by atoms with van der Waals surface area (Å²) in [6, 6.07) is 6.07. The van der Waals surface area contributed by atoms with Crippen molar-refractivity contribution in [1.82, 2.24) is 9.38 Å². The molecule has 3 heterocycles. The van der Waals surface area contributed by atoms with Gasteiger partial charge in [-0.3, -0.25) is 4.40 Å². The van der Waals surface area contributed by atoms with Crippen LogP contribution in [0.1, 0.15) is 10.5 Å². The van der Waals surface area contributed by atoms with Crippen molar-refractivity contribution in [3.8, 4) is 17.3 Å². The summed E-state index contributed by atoms with van der Waals surface area (Å²) >= 11 is 5.69. The Balaban J connectivity index is 2.38. The highest BCUT2D eigenvalue weighted by Crippen LogP contribution is 2.30. The van der Waals surface area contributed by atoms with E-state index in [-0.39, 0.29) is 28.0 Å². The van der Waals surface area contributed by atoms with Gasteiger partial charge in [-0.15, -0.1) is 0 Å². The molecular weight excluding hydrogens is 272 g/mol. The molecule has 7 heteroatoms. The molecule has 0 aliphatic heterocycles. The molecule has 96 valence electrons. The molecule has 0 amide bonds. The molecule has 0 fully saturated rings. The Bertz CT molecular complexity index is 790. The van der Waals surface area contributed by atoms with E-state index in [0.717, 1.165) is 0 Å². The van der Waals surface area contributed by atoms with Gasteiger partial charge in [0.1, 0.15) is 11.3 Å². The van der Waals surface area contributed by atoms with Gasteiger partial charge in [0, 0.05) is 6.20 Å². The van der Waals surface area contributed by atoms with Gasteiger partial charge in [-0.1, -0.05) is 0 Å². The van der Waals surface area contributed by atoms with Crippen LogP contribution >= 0.6 is 11.6 Å². The van der Waals surface area contributed by atoms with Crippen LogP contribution in [0.25, 0.3) is 17.1 Å². The van der Waals surface area contributed by atoms with Gasteiger partial charge >= 0.3 is 5.97 Å². The summed E-state index contributed by atoms with van der Waals surface area (Å²) in [5, 5.41) is 19.1. The second-order valence-electron chi connectivity index (χ2n) is 3.80. The van der Waals surface area contributed by atoms with Crippen LogP contribution in [-0.4, -0.2) is 25.6 Å². The lowest BCUT2D eigenvalue weighted by molar-refractivity contribution is 0.0693. The number of aromatic hydroxyl groups is 1. The maximum Gasteiger partial charge on any atom is 0.356 e. The molecule has 3 aromatic rings. The van der Waals surface area contributed by atoms with Gasteiger partial charge < -0.3 is 14.6 Å². The van der Waals surface area contributed by atoms with E-state index in [1.54, 1.807) is 18.3 Å². The Labute approximate surface area is 111 Å². The molecule has 0 saturated heterocycles. The molecular formula is C12H7ClN2O4. The van der Waals surface area contributed by atoms with Crippen LogP contribution in [0.5, 0.6) is 5.75 Å². The summed E-state index contributed by atoms with van der Waals surface area (Å²) in [5.41, 5.74) is -0.141. The number of carboxylic acids is 1. The van der Waals surface area contributed by atoms with E-state index >= 15 is 0 Å². The molecule has 0 spiro atoms. The van der Waals surface area contributed by atoms with E-state index in [2.05, 4.69) is 4.98 Å². The average Bonchev–Trinajstić information content (AvgIpc) is 2.93. The number of pyridine rings is 1. The molecule has 3 aromatic heterocycles. The predicted molar refractivity (Wildman–Crippen MR) is 66.5 cm³/mol. The lowest BCUT2D eigenvalue weighted by atomic mass is 10.3. The number of rotatable bonds is 2. The molecule has 0 aliphatic rings. The number of hydrogen-bond donors (Lipinski definition) is 2. The molecule has 0 unspecified atom stereocenters. The number of aromatic carboxylic acids is 1. The first-order valence-electron chi connectivity index (χ1n) is 5.27. The first-order valence-corrected chi connectivity index (χ1v) is 5.65. The van der Waals surface area contributed by atoms with Crippen molar-refractivity contribution >= 4 is 23.1 Å². The fraction of sp³-hybridized carbons (Fsp3) is 0. The van der Waals surface area contributed by atoms with Crippen molar-refractivity contribution < 1.29 is 19.4 Å². The molecule has 19 heavy (non-hydrogen) atoms. The first kappa shape index (κ1) is 11.6. The van der Waals surface area contributed by atoms with Crippen LogP contribution in [0.2, 0.25) is 5.22 Å². The van der Waals surface area contributed by atoms with Crippen molar-refractivity contribution in [3.05, 3.63) is 41.4 Å². The minimum atomic E-state index is -1.23. The van der Waals surface area contributed by atoms with E-state index in [0.29, 0.717) is 5.76 Å². The zero-order chi connectivity index (χ0) is 13.6. The normalized spacial score (nSPS) is 11.0. The van der Waals surface area contributed by atoms with E-state index in [1.165, 1.54) is 16.5 Å². The smallest absolute Gasteiger partial charge is 0.356 e. The minimum Gasteiger partial charge on any atom is -0.506 e. The Morgan fingerprint density at radius 2 is 2.16 bits per heavy atom. The van der Waals surface area contributed by atoms with Crippen LogP contribution in [0, 0.1) is 0 Å². The summed E-state index contributed by atoms with van der Waals surface area (Å²) in [7, 11) is 0. The number of imidazole rings is 1.